The molecular weight excluding hydrogens is 375 g/mol. The smallest absolute Gasteiger partial charge is 0.416 e. The summed E-state index contributed by atoms with van der Waals surface area (Å²) in [5.41, 5.74) is 0.328. The quantitative estimate of drug-likeness (QED) is 0.550. The Balaban J connectivity index is 1.78. The first-order valence-corrected chi connectivity index (χ1v) is 9.28. The molecule has 152 valence electrons. The number of esters is 1. The van der Waals surface area contributed by atoms with Crippen LogP contribution < -0.4 is 0 Å². The molecule has 0 bridgehead atoms. The number of alkyl halides is 3. The van der Waals surface area contributed by atoms with Gasteiger partial charge in [-0.3, -0.25) is 9.69 Å². The van der Waals surface area contributed by atoms with Crippen LogP contribution in [0.2, 0.25) is 0 Å². The Labute approximate surface area is 161 Å². The molecule has 0 spiro atoms. The van der Waals surface area contributed by atoms with Gasteiger partial charge in [-0.05, 0) is 42.5 Å². The molecule has 0 N–H and O–H groups in total. The normalized spacial score (nSPS) is 22.2. The molecule has 0 aromatic heterocycles. The van der Waals surface area contributed by atoms with E-state index in [1.807, 2.05) is 6.92 Å². The molecule has 28 heavy (non-hydrogen) atoms. The van der Waals surface area contributed by atoms with E-state index in [1.54, 1.807) is 12.1 Å². The molecule has 0 saturated carbocycles. The summed E-state index contributed by atoms with van der Waals surface area (Å²) in [4.78, 5) is 25.9. The lowest BCUT2D eigenvalue weighted by Crippen LogP contribution is -2.54. The van der Waals surface area contributed by atoms with Gasteiger partial charge in [0.1, 0.15) is 0 Å². The molecule has 1 heterocycles. The van der Waals surface area contributed by atoms with Crippen LogP contribution >= 0.6 is 0 Å². The van der Waals surface area contributed by atoms with Crippen molar-refractivity contribution < 1.29 is 32.2 Å². The maximum atomic E-state index is 13.0. The molecule has 2 atom stereocenters. The standard InChI is InChI=1S/C20H22F3NO4/c1-2-3-9-27-19(26)24-12-28-18(25)16-11-14(7-8-17(16)24)13-5-4-6-15(10-13)20(21,22)23/h4-7,10,16-17H,2-3,8-9,11-12H2,1H3. The molecule has 1 aromatic rings. The topological polar surface area (TPSA) is 55.8 Å². The summed E-state index contributed by atoms with van der Waals surface area (Å²) in [5, 5.41) is 0. The summed E-state index contributed by atoms with van der Waals surface area (Å²) in [6, 6.07) is 4.62. The van der Waals surface area contributed by atoms with Crippen molar-refractivity contribution in [2.45, 2.75) is 44.8 Å². The number of nitrogens with zero attached hydrogens (tertiary/aromatic N) is 1. The van der Waals surface area contributed by atoms with Crippen molar-refractivity contribution >= 4 is 17.6 Å². The number of hydrogen-bond donors (Lipinski definition) is 0. The number of benzene rings is 1. The maximum absolute atomic E-state index is 13.0. The van der Waals surface area contributed by atoms with Gasteiger partial charge in [-0.1, -0.05) is 31.6 Å². The van der Waals surface area contributed by atoms with Gasteiger partial charge < -0.3 is 9.47 Å². The van der Waals surface area contributed by atoms with E-state index in [0.717, 1.165) is 25.0 Å². The lowest BCUT2D eigenvalue weighted by molar-refractivity contribution is -0.166. The van der Waals surface area contributed by atoms with Crippen molar-refractivity contribution in [2.75, 3.05) is 13.3 Å². The van der Waals surface area contributed by atoms with Crippen LogP contribution in [0, 0.1) is 5.92 Å². The molecule has 3 rings (SSSR count). The highest BCUT2D eigenvalue weighted by molar-refractivity contribution is 5.81. The molecular formula is C20H22F3NO4. The fourth-order valence-corrected chi connectivity index (χ4v) is 3.51. The third-order valence-electron chi connectivity index (χ3n) is 5.08. The van der Waals surface area contributed by atoms with E-state index >= 15 is 0 Å². The van der Waals surface area contributed by atoms with Crippen molar-refractivity contribution in [3.8, 4) is 0 Å². The monoisotopic (exact) mass is 397 g/mol. The molecule has 1 aromatic carbocycles. The number of cyclic esters (lactones) is 1. The van der Waals surface area contributed by atoms with Gasteiger partial charge in [0.05, 0.1) is 24.1 Å². The number of amides is 1. The molecule has 1 fully saturated rings. The highest BCUT2D eigenvalue weighted by Gasteiger charge is 2.43. The first-order valence-electron chi connectivity index (χ1n) is 9.28. The summed E-state index contributed by atoms with van der Waals surface area (Å²) >= 11 is 0. The lowest BCUT2D eigenvalue weighted by Gasteiger charge is -2.41. The van der Waals surface area contributed by atoms with E-state index in [4.69, 9.17) is 9.47 Å². The second-order valence-corrected chi connectivity index (χ2v) is 6.95. The van der Waals surface area contributed by atoms with E-state index in [0.29, 0.717) is 24.2 Å². The molecule has 8 heteroatoms. The number of fused-ring (bicyclic) bond motifs is 1. The minimum Gasteiger partial charge on any atom is -0.449 e. The van der Waals surface area contributed by atoms with Crippen LogP contribution in [-0.2, 0) is 20.4 Å². The van der Waals surface area contributed by atoms with Crippen LogP contribution in [0.25, 0.3) is 5.57 Å². The summed E-state index contributed by atoms with van der Waals surface area (Å²) in [6.07, 6.45) is -0.979. The summed E-state index contributed by atoms with van der Waals surface area (Å²) in [5.74, 6) is -1.07. The maximum Gasteiger partial charge on any atom is 0.416 e. The van der Waals surface area contributed by atoms with Crippen LogP contribution in [0.1, 0.15) is 43.7 Å². The van der Waals surface area contributed by atoms with Gasteiger partial charge in [0.15, 0.2) is 6.73 Å². The number of ether oxygens (including phenoxy) is 2. The SMILES string of the molecule is CCCCOC(=O)N1COC(=O)C2CC(c3cccc(C(F)(F)F)c3)=CCC21. The minimum absolute atomic E-state index is 0.169. The first kappa shape index (κ1) is 20.2. The van der Waals surface area contributed by atoms with Crippen LogP contribution in [-0.4, -0.2) is 36.3 Å². The lowest BCUT2D eigenvalue weighted by atomic mass is 9.80. The highest BCUT2D eigenvalue weighted by Crippen LogP contribution is 2.38. The molecule has 1 saturated heterocycles. The predicted molar refractivity (Wildman–Crippen MR) is 95.0 cm³/mol. The Morgan fingerprint density at radius 3 is 2.86 bits per heavy atom. The van der Waals surface area contributed by atoms with Crippen LogP contribution in [0.4, 0.5) is 18.0 Å². The molecule has 1 amide bonds. The number of carbonyl (C=O) groups is 2. The van der Waals surface area contributed by atoms with Gasteiger partial charge in [0.25, 0.3) is 0 Å². The zero-order valence-corrected chi connectivity index (χ0v) is 15.5. The van der Waals surface area contributed by atoms with E-state index in [1.165, 1.54) is 11.0 Å². The summed E-state index contributed by atoms with van der Waals surface area (Å²) in [6.45, 7) is 2.11. The average molecular weight is 397 g/mol. The number of rotatable bonds is 4. The van der Waals surface area contributed by atoms with Crippen molar-refractivity contribution in [1.29, 1.82) is 0 Å². The zero-order chi connectivity index (χ0) is 20.3. The zero-order valence-electron chi connectivity index (χ0n) is 15.5. The van der Waals surface area contributed by atoms with E-state index in [2.05, 4.69) is 0 Å². The van der Waals surface area contributed by atoms with Crippen LogP contribution in [0.15, 0.2) is 30.3 Å². The Bertz CT molecular complexity index is 775. The Kier molecular flexibility index (Phi) is 5.96. The fourth-order valence-electron chi connectivity index (χ4n) is 3.51. The van der Waals surface area contributed by atoms with E-state index in [9.17, 15) is 22.8 Å². The van der Waals surface area contributed by atoms with Gasteiger partial charge in [0.2, 0.25) is 0 Å². The van der Waals surface area contributed by atoms with E-state index in [-0.39, 0.29) is 13.2 Å². The summed E-state index contributed by atoms with van der Waals surface area (Å²) in [7, 11) is 0. The number of allylic oxidation sites excluding steroid dienone is 1. The van der Waals surface area contributed by atoms with Crippen molar-refractivity contribution in [1.82, 2.24) is 4.90 Å². The van der Waals surface area contributed by atoms with E-state index < -0.39 is 35.8 Å². The molecule has 1 aliphatic carbocycles. The number of carbonyl (C=O) groups excluding carboxylic acids is 2. The average Bonchev–Trinajstić information content (AvgIpc) is 2.67. The van der Waals surface area contributed by atoms with Crippen LogP contribution in [0.3, 0.4) is 0 Å². The Morgan fingerprint density at radius 2 is 2.14 bits per heavy atom. The molecule has 2 aliphatic rings. The van der Waals surface area contributed by atoms with Crippen molar-refractivity contribution in [3.05, 3.63) is 41.5 Å². The van der Waals surface area contributed by atoms with Gasteiger partial charge in [0, 0.05) is 0 Å². The van der Waals surface area contributed by atoms with Crippen LogP contribution in [0.5, 0.6) is 0 Å². The molecule has 2 unspecified atom stereocenters. The third-order valence-corrected chi connectivity index (χ3v) is 5.08. The molecule has 0 radical (unpaired) electrons. The van der Waals surface area contributed by atoms with Gasteiger partial charge in [-0.2, -0.15) is 13.2 Å². The minimum atomic E-state index is -4.43. The fraction of sp³-hybridized carbons (Fsp3) is 0.500. The Morgan fingerprint density at radius 1 is 1.36 bits per heavy atom. The number of unbranched alkanes of at least 4 members (excludes halogenated alkanes) is 1. The van der Waals surface area contributed by atoms with Crippen molar-refractivity contribution in [3.63, 3.8) is 0 Å². The largest absolute Gasteiger partial charge is 0.449 e. The Hall–Kier alpha value is -2.51. The number of hydrogen-bond acceptors (Lipinski definition) is 4. The first-order chi connectivity index (χ1) is 13.3. The summed E-state index contributed by atoms with van der Waals surface area (Å²) < 4.78 is 49.3. The number of halogens is 3. The van der Waals surface area contributed by atoms with Gasteiger partial charge in [-0.15, -0.1) is 0 Å². The third kappa shape index (κ3) is 4.31. The molecule has 5 nitrogen and oxygen atoms in total. The van der Waals surface area contributed by atoms with Gasteiger partial charge >= 0.3 is 18.2 Å². The highest BCUT2D eigenvalue weighted by atomic mass is 19.4. The van der Waals surface area contributed by atoms with Gasteiger partial charge in [-0.25, -0.2) is 4.79 Å². The second-order valence-electron chi connectivity index (χ2n) is 6.95. The molecule has 1 aliphatic heterocycles. The van der Waals surface area contributed by atoms with Crippen molar-refractivity contribution in [2.24, 2.45) is 5.92 Å². The second kappa shape index (κ2) is 8.24. The predicted octanol–water partition coefficient (Wildman–Crippen LogP) is 4.62.